The zero-order valence-corrected chi connectivity index (χ0v) is 32.1. The summed E-state index contributed by atoms with van der Waals surface area (Å²) in [5.74, 6) is 0.971. The first-order valence-corrected chi connectivity index (χ1v) is 19.6. The highest BCUT2D eigenvalue weighted by Gasteiger charge is 2.38. The van der Waals surface area contributed by atoms with E-state index in [-0.39, 0.29) is 22.5 Å². The SMILES string of the molecule is CCC1(CCOCC(CCCC2CO2)COC(C)(CC)CCCCCC(C)(C)CC(COCC2(CC)COC2)OCC(C)C)COC1. The number of hydrogen-bond donors (Lipinski definition) is 0. The molecule has 3 rings (SSSR count). The number of rotatable bonds is 30. The number of ether oxygens (including phenoxy) is 7. The minimum atomic E-state index is -0.0721. The predicted molar refractivity (Wildman–Crippen MR) is 191 cm³/mol. The Kier molecular flexibility index (Phi) is 18.0. The molecule has 3 aliphatic rings. The van der Waals surface area contributed by atoms with Crippen LogP contribution in [0.3, 0.4) is 0 Å². The molecular weight excluding hydrogens is 592 g/mol. The molecule has 0 spiro atoms. The summed E-state index contributed by atoms with van der Waals surface area (Å²) in [6.07, 6.45) is 15.6. The molecule has 4 unspecified atom stereocenters. The third kappa shape index (κ3) is 15.7. The first-order chi connectivity index (χ1) is 22.5. The average molecular weight is 669 g/mol. The summed E-state index contributed by atoms with van der Waals surface area (Å²) in [6.45, 7) is 27.4. The third-order valence-electron chi connectivity index (χ3n) is 11.4. The van der Waals surface area contributed by atoms with Gasteiger partial charge in [0.1, 0.15) is 0 Å². The van der Waals surface area contributed by atoms with Crippen LogP contribution in [0, 0.1) is 28.1 Å². The topological polar surface area (TPSA) is 67.9 Å². The van der Waals surface area contributed by atoms with Crippen molar-refractivity contribution < 1.29 is 33.2 Å². The molecule has 4 atom stereocenters. The van der Waals surface area contributed by atoms with Gasteiger partial charge in [-0.1, -0.05) is 74.1 Å². The lowest BCUT2D eigenvalue weighted by molar-refractivity contribution is -0.159. The van der Waals surface area contributed by atoms with Crippen molar-refractivity contribution in [3.05, 3.63) is 0 Å². The molecule has 0 amide bonds. The number of unbranched alkanes of at least 4 members (excludes halogenated alkanes) is 2. The third-order valence-corrected chi connectivity index (χ3v) is 11.4. The van der Waals surface area contributed by atoms with Gasteiger partial charge in [-0.3, -0.25) is 0 Å². The smallest absolute Gasteiger partial charge is 0.0813 e. The van der Waals surface area contributed by atoms with Crippen LogP contribution < -0.4 is 0 Å². The lowest BCUT2D eigenvalue weighted by Crippen LogP contribution is -2.46. The number of epoxide rings is 1. The van der Waals surface area contributed by atoms with E-state index in [1.54, 1.807) is 0 Å². The second-order valence-corrected chi connectivity index (χ2v) is 17.2. The molecule has 7 heteroatoms. The fourth-order valence-corrected chi connectivity index (χ4v) is 6.89. The Morgan fingerprint density at radius 1 is 0.787 bits per heavy atom. The van der Waals surface area contributed by atoms with E-state index in [2.05, 4.69) is 55.4 Å². The molecule has 3 heterocycles. The Labute approximate surface area is 290 Å². The van der Waals surface area contributed by atoms with E-state index in [0.717, 1.165) is 105 Å². The van der Waals surface area contributed by atoms with E-state index in [0.29, 0.717) is 30.0 Å². The quantitative estimate of drug-likeness (QED) is 0.0559. The van der Waals surface area contributed by atoms with Crippen molar-refractivity contribution in [3.8, 4) is 0 Å². The lowest BCUT2D eigenvalue weighted by Gasteiger charge is -2.41. The molecule has 0 bridgehead atoms. The maximum atomic E-state index is 6.72. The van der Waals surface area contributed by atoms with E-state index in [1.165, 1.54) is 44.9 Å². The minimum Gasteiger partial charge on any atom is -0.381 e. The highest BCUT2D eigenvalue weighted by Crippen LogP contribution is 2.36. The fourth-order valence-electron chi connectivity index (χ4n) is 6.89. The summed E-state index contributed by atoms with van der Waals surface area (Å²) < 4.78 is 42.1. The Bertz CT molecular complexity index is 808. The Hall–Kier alpha value is -0.280. The normalized spacial score (nSPS) is 22.8. The average Bonchev–Trinajstić information content (AvgIpc) is 3.83. The molecule has 0 aromatic carbocycles. The molecule has 3 aliphatic heterocycles. The molecule has 47 heavy (non-hydrogen) atoms. The zero-order valence-electron chi connectivity index (χ0n) is 32.1. The highest BCUT2D eigenvalue weighted by molar-refractivity contribution is 4.85. The second-order valence-electron chi connectivity index (χ2n) is 17.2. The molecule has 3 fully saturated rings. The summed E-state index contributed by atoms with van der Waals surface area (Å²) >= 11 is 0. The highest BCUT2D eigenvalue weighted by atomic mass is 16.6. The lowest BCUT2D eigenvalue weighted by atomic mass is 9.80. The van der Waals surface area contributed by atoms with Crippen LogP contribution in [-0.2, 0) is 33.2 Å². The van der Waals surface area contributed by atoms with Gasteiger partial charge in [0.2, 0.25) is 0 Å². The van der Waals surface area contributed by atoms with Crippen LogP contribution in [0.4, 0.5) is 0 Å². The zero-order chi connectivity index (χ0) is 34.2. The molecule has 0 saturated carbocycles. The molecule has 0 aliphatic carbocycles. The minimum absolute atomic E-state index is 0.0721. The molecule has 278 valence electrons. The number of hydrogen-bond acceptors (Lipinski definition) is 7. The van der Waals surface area contributed by atoms with E-state index in [1.807, 2.05) is 0 Å². The Morgan fingerprint density at radius 2 is 1.47 bits per heavy atom. The summed E-state index contributed by atoms with van der Waals surface area (Å²) in [5.41, 5.74) is 0.723. The van der Waals surface area contributed by atoms with Crippen molar-refractivity contribution in [2.45, 2.75) is 157 Å². The van der Waals surface area contributed by atoms with Gasteiger partial charge in [0.05, 0.1) is 77.3 Å². The van der Waals surface area contributed by atoms with Gasteiger partial charge in [-0.25, -0.2) is 0 Å². The molecule has 0 aromatic rings. The van der Waals surface area contributed by atoms with Crippen LogP contribution in [0.15, 0.2) is 0 Å². The first-order valence-electron chi connectivity index (χ1n) is 19.6. The van der Waals surface area contributed by atoms with Gasteiger partial charge in [0.25, 0.3) is 0 Å². The van der Waals surface area contributed by atoms with Crippen molar-refractivity contribution in [2.24, 2.45) is 28.1 Å². The van der Waals surface area contributed by atoms with Crippen LogP contribution in [0.2, 0.25) is 0 Å². The maximum Gasteiger partial charge on any atom is 0.0813 e. The molecule has 0 N–H and O–H groups in total. The van der Waals surface area contributed by atoms with Gasteiger partial charge < -0.3 is 33.2 Å². The largest absolute Gasteiger partial charge is 0.381 e. The summed E-state index contributed by atoms with van der Waals surface area (Å²) in [6, 6.07) is 0. The molecule has 0 aromatic heterocycles. The second kappa shape index (κ2) is 20.5. The van der Waals surface area contributed by atoms with Gasteiger partial charge in [-0.05, 0) is 76.0 Å². The van der Waals surface area contributed by atoms with Gasteiger partial charge in [-0.15, -0.1) is 0 Å². The van der Waals surface area contributed by atoms with Crippen molar-refractivity contribution in [2.75, 3.05) is 72.7 Å². The van der Waals surface area contributed by atoms with Crippen molar-refractivity contribution >= 4 is 0 Å². The maximum absolute atomic E-state index is 6.72. The molecule has 0 radical (unpaired) electrons. The van der Waals surface area contributed by atoms with Crippen LogP contribution in [0.5, 0.6) is 0 Å². The van der Waals surface area contributed by atoms with E-state index in [4.69, 9.17) is 33.2 Å². The summed E-state index contributed by atoms with van der Waals surface area (Å²) in [7, 11) is 0. The molecule has 3 saturated heterocycles. The van der Waals surface area contributed by atoms with Crippen molar-refractivity contribution in [1.29, 1.82) is 0 Å². The van der Waals surface area contributed by atoms with Crippen LogP contribution >= 0.6 is 0 Å². The fraction of sp³-hybridized carbons (Fsp3) is 1.00. The molecular formula is C40H76O7. The van der Waals surface area contributed by atoms with Gasteiger partial charge in [0.15, 0.2) is 0 Å². The predicted octanol–water partition coefficient (Wildman–Crippen LogP) is 9.04. The van der Waals surface area contributed by atoms with Gasteiger partial charge in [0, 0.05) is 30.0 Å². The standard InChI is InChI=1S/C40H76O7/c1-9-38(8,47-25-34(16-15-17-35-27-46-35)24-41-21-20-39(10-2)28-43-29-39)19-14-12-13-18-37(6,7)22-36(45-23-33(4)5)26-42-30-40(11-3)31-44-32-40/h33-36H,9-32H2,1-8H3. The Balaban J connectivity index is 1.36. The van der Waals surface area contributed by atoms with Crippen LogP contribution in [0.1, 0.15) is 139 Å². The summed E-state index contributed by atoms with van der Waals surface area (Å²) in [5, 5.41) is 0. The first kappa shape index (κ1) is 41.1. The van der Waals surface area contributed by atoms with Crippen molar-refractivity contribution in [3.63, 3.8) is 0 Å². The summed E-state index contributed by atoms with van der Waals surface area (Å²) in [4.78, 5) is 0. The monoisotopic (exact) mass is 669 g/mol. The van der Waals surface area contributed by atoms with Gasteiger partial charge >= 0.3 is 0 Å². The van der Waals surface area contributed by atoms with E-state index >= 15 is 0 Å². The van der Waals surface area contributed by atoms with Crippen LogP contribution in [-0.4, -0.2) is 90.5 Å². The van der Waals surface area contributed by atoms with Gasteiger partial charge in [-0.2, -0.15) is 0 Å². The Morgan fingerprint density at radius 3 is 2.04 bits per heavy atom. The van der Waals surface area contributed by atoms with E-state index < -0.39 is 0 Å². The molecule has 7 nitrogen and oxygen atoms in total. The van der Waals surface area contributed by atoms with Crippen molar-refractivity contribution in [1.82, 2.24) is 0 Å². The van der Waals surface area contributed by atoms with E-state index in [9.17, 15) is 0 Å². The van der Waals surface area contributed by atoms with Crippen LogP contribution in [0.25, 0.3) is 0 Å².